The van der Waals surface area contributed by atoms with Gasteiger partial charge in [-0.2, -0.15) is 18.3 Å². The number of halogens is 3. The molecular formula is C23H23F3N4O3. The number of carbonyl (C=O) groups excluding carboxylic acids is 1. The minimum atomic E-state index is -4.53. The zero-order valence-corrected chi connectivity index (χ0v) is 18.2. The summed E-state index contributed by atoms with van der Waals surface area (Å²) < 4.78 is 45.6. The molecule has 3 aromatic rings. The molecule has 0 spiro atoms. The van der Waals surface area contributed by atoms with Gasteiger partial charge in [-0.25, -0.2) is 4.68 Å². The van der Waals surface area contributed by atoms with Crippen LogP contribution in [0.5, 0.6) is 11.5 Å². The number of alkyl halides is 3. The Kier molecular flexibility index (Phi) is 7.05. The second-order valence-corrected chi connectivity index (χ2v) is 7.75. The first-order valence-corrected chi connectivity index (χ1v) is 10.1. The zero-order valence-electron chi connectivity index (χ0n) is 18.2. The lowest BCUT2D eigenvalue weighted by Crippen LogP contribution is -2.27. The zero-order chi connectivity index (χ0) is 24.2. The van der Waals surface area contributed by atoms with Crippen LogP contribution in [0.25, 0.3) is 0 Å². The number of benzene rings is 2. The van der Waals surface area contributed by atoms with Crippen LogP contribution in [-0.2, 0) is 13.2 Å². The Labute approximate surface area is 188 Å². The highest BCUT2D eigenvalue weighted by Gasteiger charge is 2.30. The van der Waals surface area contributed by atoms with Crippen LogP contribution in [0.15, 0.2) is 59.5 Å². The molecule has 33 heavy (non-hydrogen) atoms. The summed E-state index contributed by atoms with van der Waals surface area (Å²) in [5, 5.41) is 9.61. The van der Waals surface area contributed by atoms with Crippen LogP contribution in [0.4, 0.5) is 24.5 Å². The Balaban J connectivity index is 1.85. The second kappa shape index (κ2) is 9.76. The fraction of sp³-hybridized carbons (Fsp3) is 0.261. The summed E-state index contributed by atoms with van der Waals surface area (Å²) in [6.45, 7) is 4.52. The molecule has 2 N–H and O–H groups in total. The van der Waals surface area contributed by atoms with E-state index >= 15 is 0 Å². The van der Waals surface area contributed by atoms with Crippen molar-refractivity contribution in [1.82, 2.24) is 15.1 Å². The molecule has 3 rings (SSSR count). The fourth-order valence-corrected chi connectivity index (χ4v) is 2.83. The Morgan fingerprint density at radius 1 is 1.15 bits per heavy atom. The first-order chi connectivity index (χ1) is 15.5. The smallest absolute Gasteiger partial charge is 0.416 e. The van der Waals surface area contributed by atoms with E-state index in [1.54, 1.807) is 24.3 Å². The molecule has 0 aliphatic carbocycles. The van der Waals surface area contributed by atoms with E-state index < -0.39 is 17.3 Å². The molecule has 7 nitrogen and oxygen atoms in total. The average molecular weight is 460 g/mol. The van der Waals surface area contributed by atoms with E-state index in [4.69, 9.17) is 4.74 Å². The highest BCUT2D eigenvalue weighted by atomic mass is 19.4. The molecule has 0 radical (unpaired) electrons. The minimum absolute atomic E-state index is 0.0121. The summed E-state index contributed by atoms with van der Waals surface area (Å²) in [5.74, 6) is -0.0482. The molecule has 1 aromatic heterocycles. The summed E-state index contributed by atoms with van der Waals surface area (Å²) in [6, 6.07) is 10.7. The van der Waals surface area contributed by atoms with Gasteiger partial charge in [0.25, 0.3) is 11.5 Å². The Bertz CT molecular complexity index is 1190. The van der Waals surface area contributed by atoms with Crippen molar-refractivity contribution in [3.8, 4) is 11.5 Å². The monoisotopic (exact) mass is 460 g/mol. The van der Waals surface area contributed by atoms with Crippen molar-refractivity contribution in [3.05, 3.63) is 76.2 Å². The molecular weight excluding hydrogens is 437 g/mol. The highest BCUT2D eigenvalue weighted by molar-refractivity contribution is 5.94. The molecule has 0 saturated heterocycles. The van der Waals surface area contributed by atoms with Crippen LogP contribution in [0.1, 0.15) is 29.8 Å². The summed E-state index contributed by atoms with van der Waals surface area (Å²) in [4.78, 5) is 24.8. The number of ether oxygens (including phenoxy) is 1. The van der Waals surface area contributed by atoms with E-state index in [0.717, 1.165) is 16.8 Å². The lowest BCUT2D eigenvalue weighted by Gasteiger charge is -2.14. The largest absolute Gasteiger partial charge is 0.453 e. The summed E-state index contributed by atoms with van der Waals surface area (Å²) >= 11 is 0. The molecule has 174 valence electrons. The van der Waals surface area contributed by atoms with Gasteiger partial charge in [-0.15, -0.1) is 0 Å². The van der Waals surface area contributed by atoms with Gasteiger partial charge >= 0.3 is 6.18 Å². The van der Waals surface area contributed by atoms with Gasteiger partial charge in [-0.1, -0.05) is 19.9 Å². The van der Waals surface area contributed by atoms with Crippen LogP contribution >= 0.6 is 0 Å². The van der Waals surface area contributed by atoms with Crippen LogP contribution in [0.2, 0.25) is 0 Å². The molecule has 10 heteroatoms. The van der Waals surface area contributed by atoms with Gasteiger partial charge in [0.15, 0.2) is 11.4 Å². The number of rotatable bonds is 7. The maximum Gasteiger partial charge on any atom is 0.416 e. The number of hydrogen-bond acceptors (Lipinski definition) is 5. The van der Waals surface area contributed by atoms with E-state index in [9.17, 15) is 22.8 Å². The first-order valence-electron chi connectivity index (χ1n) is 10.1. The highest BCUT2D eigenvalue weighted by Crippen LogP contribution is 2.34. The van der Waals surface area contributed by atoms with Crippen molar-refractivity contribution in [2.75, 3.05) is 11.9 Å². The predicted octanol–water partition coefficient (Wildman–Crippen LogP) is 4.72. The van der Waals surface area contributed by atoms with Gasteiger partial charge in [-0.3, -0.25) is 9.59 Å². The van der Waals surface area contributed by atoms with Crippen LogP contribution in [0, 0.1) is 5.92 Å². The Hall–Kier alpha value is -3.82. The van der Waals surface area contributed by atoms with Crippen molar-refractivity contribution < 1.29 is 22.7 Å². The van der Waals surface area contributed by atoms with Crippen molar-refractivity contribution in [1.29, 1.82) is 0 Å². The number of aromatic nitrogens is 2. The third kappa shape index (κ3) is 6.12. The van der Waals surface area contributed by atoms with Crippen molar-refractivity contribution in [2.24, 2.45) is 13.0 Å². The number of amides is 1. The molecule has 1 heterocycles. The summed E-state index contributed by atoms with van der Waals surface area (Å²) in [5.41, 5.74) is -0.505. The molecule has 0 aliphatic rings. The molecule has 1 amide bonds. The Morgan fingerprint density at radius 3 is 2.48 bits per heavy atom. The number of nitrogens with one attached hydrogen (secondary N) is 2. The van der Waals surface area contributed by atoms with E-state index in [-0.39, 0.29) is 23.1 Å². The number of aryl methyl sites for hydroxylation is 1. The maximum absolute atomic E-state index is 13.0. The van der Waals surface area contributed by atoms with Crippen LogP contribution < -0.4 is 20.9 Å². The summed E-state index contributed by atoms with van der Waals surface area (Å²) in [7, 11) is 1.43. The third-order valence-corrected chi connectivity index (χ3v) is 4.58. The molecule has 0 saturated carbocycles. The molecule has 0 unspecified atom stereocenters. The van der Waals surface area contributed by atoms with Gasteiger partial charge < -0.3 is 15.4 Å². The second-order valence-electron chi connectivity index (χ2n) is 7.75. The maximum atomic E-state index is 13.0. The van der Waals surface area contributed by atoms with E-state index in [1.807, 2.05) is 13.8 Å². The SMILES string of the molecule is CC(C)CNC(=O)c1ccc(Nc2c(Oc3cccc(C(F)(F)F)c3)cnn(C)c2=O)cc1. The van der Waals surface area contributed by atoms with Gasteiger partial charge in [-0.05, 0) is 48.4 Å². The third-order valence-electron chi connectivity index (χ3n) is 4.58. The van der Waals surface area contributed by atoms with Gasteiger partial charge in [0.05, 0.1) is 11.8 Å². The first kappa shape index (κ1) is 23.8. The van der Waals surface area contributed by atoms with Crippen molar-refractivity contribution in [3.63, 3.8) is 0 Å². The predicted molar refractivity (Wildman–Crippen MR) is 118 cm³/mol. The van der Waals surface area contributed by atoms with Gasteiger partial charge in [0, 0.05) is 24.8 Å². The van der Waals surface area contributed by atoms with E-state index in [2.05, 4.69) is 15.7 Å². The Morgan fingerprint density at radius 2 is 1.85 bits per heavy atom. The van der Waals surface area contributed by atoms with Crippen molar-refractivity contribution >= 4 is 17.3 Å². The van der Waals surface area contributed by atoms with Crippen LogP contribution in [0.3, 0.4) is 0 Å². The standard InChI is InChI=1S/C23H23F3N4O3/c1-14(2)12-27-21(31)15-7-9-17(10-8-15)29-20-19(13-28-30(3)22(20)32)33-18-6-4-5-16(11-18)23(24,25)26/h4-11,13-14,29H,12H2,1-3H3,(H,27,31). The molecule has 0 fully saturated rings. The van der Waals surface area contributed by atoms with Crippen molar-refractivity contribution in [2.45, 2.75) is 20.0 Å². The lowest BCUT2D eigenvalue weighted by atomic mass is 10.1. The van der Waals surface area contributed by atoms with Crippen LogP contribution in [-0.4, -0.2) is 22.2 Å². The molecule has 2 aromatic carbocycles. The number of hydrogen-bond donors (Lipinski definition) is 2. The van der Waals surface area contributed by atoms with E-state index in [1.165, 1.54) is 25.4 Å². The molecule has 0 atom stereocenters. The van der Waals surface area contributed by atoms with Gasteiger partial charge in [0.1, 0.15) is 5.75 Å². The topological polar surface area (TPSA) is 85.2 Å². The number of anilines is 2. The normalized spacial score (nSPS) is 11.4. The minimum Gasteiger partial charge on any atom is -0.453 e. The quantitative estimate of drug-likeness (QED) is 0.533. The number of carbonyl (C=O) groups is 1. The van der Waals surface area contributed by atoms with E-state index in [0.29, 0.717) is 23.7 Å². The number of nitrogens with zero attached hydrogens (tertiary/aromatic N) is 2. The fourth-order valence-electron chi connectivity index (χ4n) is 2.83. The summed E-state index contributed by atoms with van der Waals surface area (Å²) in [6.07, 6.45) is -3.30. The molecule has 0 aliphatic heterocycles. The average Bonchev–Trinajstić information content (AvgIpc) is 2.77. The lowest BCUT2D eigenvalue weighted by molar-refractivity contribution is -0.137. The molecule has 0 bridgehead atoms. The van der Waals surface area contributed by atoms with Gasteiger partial charge in [0.2, 0.25) is 0 Å².